The molecule has 0 unspecified atom stereocenters. The number of H-pyrrole nitrogens is 1. The summed E-state index contributed by atoms with van der Waals surface area (Å²) < 4.78 is 6.46. The van der Waals surface area contributed by atoms with Crippen LogP contribution >= 0.6 is 0 Å². The standard InChI is InChI=1S/C27H25N7O4/c1-38-26(37)21-10-9-20(30-21)19-5-3-2-4-15(19)6-11-22-31-24-17(12-16-13-23(35)33-25(16)36)14-28-34(24)27(32-22)29-18-7-8-18/h2-5,9-10,12,14,18,30H,6-8,11,13H2,1H3,(H,29,31,32)(H,33,35,36)/b16-12+. The molecule has 1 aromatic carbocycles. The summed E-state index contributed by atoms with van der Waals surface area (Å²) in [7, 11) is 1.35. The molecule has 0 radical (unpaired) electrons. The number of carbonyl (C=O) groups is 3. The number of hydrogen-bond acceptors (Lipinski definition) is 8. The number of aryl methyl sites for hydroxylation is 2. The van der Waals surface area contributed by atoms with Crippen LogP contribution in [0.4, 0.5) is 5.95 Å². The van der Waals surface area contributed by atoms with Gasteiger partial charge in [-0.25, -0.2) is 9.78 Å². The number of imide groups is 1. The molecule has 1 aliphatic carbocycles. The maximum Gasteiger partial charge on any atom is 0.354 e. The molecule has 3 N–H and O–H groups in total. The number of methoxy groups -OCH3 is 1. The average Bonchev–Trinajstić information content (AvgIpc) is 3.29. The minimum absolute atomic E-state index is 0.0362. The lowest BCUT2D eigenvalue weighted by atomic mass is 10.0. The number of rotatable bonds is 8. The third-order valence-corrected chi connectivity index (χ3v) is 6.59. The monoisotopic (exact) mass is 511 g/mol. The maximum atomic E-state index is 12.1. The van der Waals surface area contributed by atoms with E-state index in [-0.39, 0.29) is 12.3 Å². The first-order valence-corrected chi connectivity index (χ1v) is 12.4. The molecule has 1 aliphatic heterocycles. The zero-order chi connectivity index (χ0) is 26.2. The number of carbonyl (C=O) groups excluding carboxylic acids is 3. The number of amides is 2. The molecule has 11 heteroatoms. The van der Waals surface area contributed by atoms with Gasteiger partial charge in [0.15, 0.2) is 5.65 Å². The molecule has 4 heterocycles. The van der Waals surface area contributed by atoms with Gasteiger partial charge in [0.25, 0.3) is 5.91 Å². The fourth-order valence-electron chi connectivity index (χ4n) is 4.49. The van der Waals surface area contributed by atoms with E-state index >= 15 is 0 Å². The zero-order valence-electron chi connectivity index (χ0n) is 20.7. The summed E-state index contributed by atoms with van der Waals surface area (Å²) in [6.45, 7) is 0. The number of aromatic amines is 1. The molecule has 1 saturated heterocycles. The fraction of sp³-hybridized carbons (Fsp3) is 0.259. The Labute approximate surface area is 217 Å². The first kappa shape index (κ1) is 23.6. The summed E-state index contributed by atoms with van der Waals surface area (Å²) >= 11 is 0. The van der Waals surface area contributed by atoms with Crippen molar-refractivity contribution in [2.75, 3.05) is 12.4 Å². The quantitative estimate of drug-likeness (QED) is 0.186. The number of esters is 1. The van der Waals surface area contributed by atoms with Crippen LogP contribution in [0, 0.1) is 0 Å². The van der Waals surface area contributed by atoms with Gasteiger partial charge in [0.1, 0.15) is 11.5 Å². The van der Waals surface area contributed by atoms with Crippen molar-refractivity contribution in [3.63, 3.8) is 0 Å². The third kappa shape index (κ3) is 4.65. The predicted molar refractivity (Wildman–Crippen MR) is 138 cm³/mol. The van der Waals surface area contributed by atoms with Crippen LogP contribution < -0.4 is 10.6 Å². The van der Waals surface area contributed by atoms with Crippen molar-refractivity contribution in [1.82, 2.24) is 29.9 Å². The van der Waals surface area contributed by atoms with Crippen LogP contribution in [0.25, 0.3) is 23.0 Å². The number of nitrogens with zero attached hydrogens (tertiary/aromatic N) is 4. The molecule has 4 aromatic rings. The zero-order valence-corrected chi connectivity index (χ0v) is 20.7. The molecule has 11 nitrogen and oxygen atoms in total. The Hall–Kier alpha value is -4.80. The van der Waals surface area contributed by atoms with E-state index < -0.39 is 11.9 Å². The molecular weight excluding hydrogens is 486 g/mol. The van der Waals surface area contributed by atoms with E-state index in [4.69, 9.17) is 14.7 Å². The lowest BCUT2D eigenvalue weighted by molar-refractivity contribution is -0.124. The van der Waals surface area contributed by atoms with Crippen LogP contribution in [-0.4, -0.2) is 55.5 Å². The van der Waals surface area contributed by atoms with E-state index in [1.165, 1.54) is 7.11 Å². The van der Waals surface area contributed by atoms with Crippen LogP contribution in [0.5, 0.6) is 0 Å². The number of hydrogen-bond donors (Lipinski definition) is 3. The predicted octanol–water partition coefficient (Wildman–Crippen LogP) is 2.70. The van der Waals surface area contributed by atoms with Gasteiger partial charge in [0.2, 0.25) is 11.9 Å². The maximum absolute atomic E-state index is 12.1. The Balaban J connectivity index is 1.31. The molecule has 1 saturated carbocycles. The smallest absolute Gasteiger partial charge is 0.354 e. The van der Waals surface area contributed by atoms with E-state index in [0.29, 0.717) is 53.1 Å². The topological polar surface area (TPSA) is 143 Å². The van der Waals surface area contributed by atoms with Gasteiger partial charge in [0, 0.05) is 34.9 Å². The Morgan fingerprint density at radius 2 is 2.00 bits per heavy atom. The van der Waals surface area contributed by atoms with Crippen LogP contribution in [-0.2, 0) is 27.2 Å². The van der Waals surface area contributed by atoms with Gasteiger partial charge in [-0.3, -0.25) is 14.9 Å². The Bertz CT molecular complexity index is 1610. The fourth-order valence-corrected chi connectivity index (χ4v) is 4.49. The molecule has 0 atom stereocenters. The van der Waals surface area contributed by atoms with Crippen LogP contribution in [0.2, 0.25) is 0 Å². The number of ether oxygens (including phenoxy) is 1. The number of anilines is 1. The molecule has 2 fully saturated rings. The van der Waals surface area contributed by atoms with Crippen molar-refractivity contribution in [3.05, 3.63) is 70.8 Å². The van der Waals surface area contributed by atoms with Gasteiger partial charge >= 0.3 is 5.97 Å². The molecule has 192 valence electrons. The second-order valence-corrected chi connectivity index (χ2v) is 9.38. The van der Waals surface area contributed by atoms with Crippen LogP contribution in [0.3, 0.4) is 0 Å². The summed E-state index contributed by atoms with van der Waals surface area (Å²) in [5, 5.41) is 10.2. The van der Waals surface area contributed by atoms with E-state index in [1.807, 2.05) is 30.3 Å². The number of benzene rings is 1. The van der Waals surface area contributed by atoms with Crippen LogP contribution in [0.1, 0.15) is 46.7 Å². The van der Waals surface area contributed by atoms with Gasteiger partial charge in [-0.2, -0.15) is 14.6 Å². The van der Waals surface area contributed by atoms with Crippen LogP contribution in [0.15, 0.2) is 48.2 Å². The first-order valence-electron chi connectivity index (χ1n) is 12.4. The van der Waals surface area contributed by atoms with Crippen molar-refractivity contribution in [1.29, 1.82) is 0 Å². The van der Waals surface area contributed by atoms with E-state index in [0.717, 1.165) is 29.7 Å². The summed E-state index contributed by atoms with van der Waals surface area (Å²) in [5.41, 5.74) is 4.86. The van der Waals surface area contributed by atoms with Crippen molar-refractivity contribution >= 4 is 35.5 Å². The molecule has 2 amide bonds. The van der Waals surface area contributed by atoms with E-state index in [1.54, 1.807) is 22.9 Å². The number of aromatic nitrogens is 5. The van der Waals surface area contributed by atoms with Crippen molar-refractivity contribution in [2.24, 2.45) is 0 Å². The van der Waals surface area contributed by atoms with E-state index in [2.05, 4.69) is 20.7 Å². The largest absolute Gasteiger partial charge is 0.464 e. The highest BCUT2D eigenvalue weighted by atomic mass is 16.5. The summed E-state index contributed by atoms with van der Waals surface area (Å²) in [4.78, 5) is 48.3. The molecule has 3 aromatic heterocycles. The highest BCUT2D eigenvalue weighted by Crippen LogP contribution is 2.27. The second kappa shape index (κ2) is 9.58. The molecular formula is C27H25N7O4. The molecule has 38 heavy (non-hydrogen) atoms. The lowest BCUT2D eigenvalue weighted by Gasteiger charge is -2.11. The first-order chi connectivity index (χ1) is 18.5. The summed E-state index contributed by atoms with van der Waals surface area (Å²) in [5.74, 6) is 0.103. The molecule has 6 rings (SSSR count). The lowest BCUT2D eigenvalue weighted by Crippen LogP contribution is -2.19. The van der Waals surface area contributed by atoms with Gasteiger partial charge in [0.05, 0.1) is 19.7 Å². The average molecular weight is 512 g/mol. The SMILES string of the molecule is COC(=O)c1ccc(-c2ccccc2CCc2nc(NC3CC3)n3ncc(/C=C4\CC(=O)NC4=O)c3n2)[nH]1. The number of fused-ring (bicyclic) bond motifs is 1. The van der Waals surface area contributed by atoms with Gasteiger partial charge in [-0.1, -0.05) is 24.3 Å². The Kier molecular flexibility index (Phi) is 5.95. The normalized spacial score (nSPS) is 16.3. The third-order valence-electron chi connectivity index (χ3n) is 6.59. The summed E-state index contributed by atoms with van der Waals surface area (Å²) in [6.07, 6.45) is 6.68. The highest BCUT2D eigenvalue weighted by Gasteiger charge is 2.26. The highest BCUT2D eigenvalue weighted by molar-refractivity contribution is 6.15. The van der Waals surface area contributed by atoms with Gasteiger partial charge in [-0.15, -0.1) is 0 Å². The van der Waals surface area contributed by atoms with Crippen molar-refractivity contribution in [3.8, 4) is 11.3 Å². The Morgan fingerprint density at radius 3 is 2.76 bits per heavy atom. The van der Waals surface area contributed by atoms with E-state index in [9.17, 15) is 14.4 Å². The number of nitrogens with one attached hydrogen (secondary N) is 3. The van der Waals surface area contributed by atoms with Gasteiger partial charge in [-0.05, 0) is 43.0 Å². The minimum atomic E-state index is -0.419. The second-order valence-electron chi connectivity index (χ2n) is 9.38. The molecule has 2 aliphatic rings. The minimum Gasteiger partial charge on any atom is -0.464 e. The van der Waals surface area contributed by atoms with Crippen molar-refractivity contribution < 1.29 is 19.1 Å². The molecule has 0 bridgehead atoms. The molecule has 0 spiro atoms. The Morgan fingerprint density at radius 1 is 1.16 bits per heavy atom. The van der Waals surface area contributed by atoms with Gasteiger partial charge < -0.3 is 15.0 Å². The summed E-state index contributed by atoms with van der Waals surface area (Å²) in [6, 6.07) is 11.9. The van der Waals surface area contributed by atoms with Crippen molar-refractivity contribution in [2.45, 2.75) is 38.1 Å².